The SMILES string of the molecule is CC1CCN(C(C)CO)CC1N. The summed E-state index contributed by atoms with van der Waals surface area (Å²) in [5.41, 5.74) is 5.94. The molecular weight excluding hydrogens is 152 g/mol. The predicted molar refractivity (Wildman–Crippen MR) is 49.9 cm³/mol. The summed E-state index contributed by atoms with van der Waals surface area (Å²) in [5, 5.41) is 8.96. The molecule has 0 amide bonds. The maximum absolute atomic E-state index is 8.96. The van der Waals surface area contributed by atoms with Crippen LogP contribution in [0.15, 0.2) is 0 Å². The molecule has 0 spiro atoms. The van der Waals surface area contributed by atoms with Gasteiger partial charge >= 0.3 is 0 Å². The van der Waals surface area contributed by atoms with E-state index in [0.29, 0.717) is 5.92 Å². The average Bonchev–Trinajstić information content (AvgIpc) is 2.08. The van der Waals surface area contributed by atoms with Gasteiger partial charge in [0, 0.05) is 18.6 Å². The number of hydrogen-bond donors (Lipinski definition) is 2. The highest BCUT2D eigenvalue weighted by Gasteiger charge is 2.25. The van der Waals surface area contributed by atoms with Crippen LogP contribution in [0.2, 0.25) is 0 Å². The minimum Gasteiger partial charge on any atom is -0.395 e. The molecule has 0 bridgehead atoms. The van der Waals surface area contributed by atoms with E-state index in [2.05, 4.69) is 11.8 Å². The van der Waals surface area contributed by atoms with Gasteiger partial charge in [0.1, 0.15) is 0 Å². The second-order valence-corrected chi connectivity index (χ2v) is 3.96. The van der Waals surface area contributed by atoms with Gasteiger partial charge in [0.15, 0.2) is 0 Å². The van der Waals surface area contributed by atoms with Crippen LogP contribution in [0.3, 0.4) is 0 Å². The van der Waals surface area contributed by atoms with Crippen molar-refractivity contribution in [3.05, 3.63) is 0 Å². The van der Waals surface area contributed by atoms with Gasteiger partial charge in [-0.15, -0.1) is 0 Å². The molecule has 72 valence electrons. The maximum Gasteiger partial charge on any atom is 0.0584 e. The van der Waals surface area contributed by atoms with Crippen molar-refractivity contribution in [3.8, 4) is 0 Å². The van der Waals surface area contributed by atoms with Crippen LogP contribution in [-0.4, -0.2) is 41.8 Å². The molecule has 3 atom stereocenters. The summed E-state index contributed by atoms with van der Waals surface area (Å²) in [4.78, 5) is 2.27. The highest BCUT2D eigenvalue weighted by molar-refractivity contribution is 4.82. The highest BCUT2D eigenvalue weighted by atomic mass is 16.3. The van der Waals surface area contributed by atoms with Gasteiger partial charge in [-0.3, -0.25) is 4.90 Å². The Morgan fingerprint density at radius 3 is 2.83 bits per heavy atom. The molecular formula is C9H20N2O. The summed E-state index contributed by atoms with van der Waals surface area (Å²) < 4.78 is 0. The second kappa shape index (κ2) is 4.21. The van der Waals surface area contributed by atoms with Gasteiger partial charge < -0.3 is 10.8 Å². The Morgan fingerprint density at radius 2 is 2.33 bits per heavy atom. The first-order valence-electron chi connectivity index (χ1n) is 4.75. The molecule has 0 aliphatic carbocycles. The summed E-state index contributed by atoms with van der Waals surface area (Å²) in [7, 11) is 0. The van der Waals surface area contributed by atoms with E-state index in [9.17, 15) is 0 Å². The fourth-order valence-electron chi connectivity index (χ4n) is 1.64. The van der Waals surface area contributed by atoms with Crippen molar-refractivity contribution in [3.63, 3.8) is 0 Å². The van der Waals surface area contributed by atoms with Crippen molar-refractivity contribution in [1.82, 2.24) is 4.90 Å². The Morgan fingerprint density at radius 1 is 1.67 bits per heavy atom. The number of nitrogens with zero attached hydrogens (tertiary/aromatic N) is 1. The molecule has 0 aromatic carbocycles. The number of hydrogen-bond acceptors (Lipinski definition) is 3. The first kappa shape index (κ1) is 9.96. The second-order valence-electron chi connectivity index (χ2n) is 3.96. The van der Waals surface area contributed by atoms with E-state index in [1.165, 1.54) is 0 Å². The van der Waals surface area contributed by atoms with Gasteiger partial charge in [0.05, 0.1) is 6.61 Å². The Labute approximate surface area is 74.5 Å². The van der Waals surface area contributed by atoms with E-state index >= 15 is 0 Å². The molecule has 1 aliphatic rings. The van der Waals surface area contributed by atoms with Gasteiger partial charge in [-0.05, 0) is 25.8 Å². The topological polar surface area (TPSA) is 49.5 Å². The lowest BCUT2D eigenvalue weighted by atomic mass is 9.93. The lowest BCUT2D eigenvalue weighted by Gasteiger charge is -2.38. The van der Waals surface area contributed by atoms with Crippen LogP contribution in [0.25, 0.3) is 0 Å². The lowest BCUT2D eigenvalue weighted by Crippen LogP contribution is -2.51. The zero-order valence-electron chi connectivity index (χ0n) is 8.03. The van der Waals surface area contributed by atoms with Crippen molar-refractivity contribution in [2.24, 2.45) is 11.7 Å². The smallest absolute Gasteiger partial charge is 0.0584 e. The summed E-state index contributed by atoms with van der Waals surface area (Å²) in [6.07, 6.45) is 1.16. The molecule has 3 N–H and O–H groups in total. The third kappa shape index (κ3) is 2.19. The first-order valence-corrected chi connectivity index (χ1v) is 4.75. The molecule has 3 heteroatoms. The van der Waals surface area contributed by atoms with E-state index in [0.717, 1.165) is 19.5 Å². The zero-order chi connectivity index (χ0) is 9.14. The fraction of sp³-hybridized carbons (Fsp3) is 1.00. The Kier molecular flexibility index (Phi) is 3.50. The van der Waals surface area contributed by atoms with Gasteiger partial charge in [-0.2, -0.15) is 0 Å². The standard InChI is InChI=1S/C9H20N2O/c1-7-3-4-11(5-9(7)10)8(2)6-12/h7-9,12H,3-6,10H2,1-2H3. The monoisotopic (exact) mass is 172 g/mol. The third-order valence-corrected chi connectivity index (χ3v) is 2.94. The first-order chi connectivity index (χ1) is 5.65. The van der Waals surface area contributed by atoms with Crippen molar-refractivity contribution in [1.29, 1.82) is 0 Å². The van der Waals surface area contributed by atoms with Gasteiger partial charge in [-0.1, -0.05) is 6.92 Å². The third-order valence-electron chi connectivity index (χ3n) is 2.94. The van der Waals surface area contributed by atoms with Crippen molar-refractivity contribution in [2.75, 3.05) is 19.7 Å². The molecule has 0 radical (unpaired) electrons. The van der Waals surface area contributed by atoms with Crippen LogP contribution in [0, 0.1) is 5.92 Å². The molecule has 3 unspecified atom stereocenters. The van der Waals surface area contributed by atoms with Crippen LogP contribution in [0.1, 0.15) is 20.3 Å². The minimum absolute atomic E-state index is 0.237. The number of rotatable bonds is 2. The summed E-state index contributed by atoms with van der Waals surface area (Å²) in [6.45, 7) is 6.49. The quantitative estimate of drug-likeness (QED) is 0.618. The lowest BCUT2D eigenvalue weighted by molar-refractivity contribution is 0.0884. The number of piperidine rings is 1. The summed E-state index contributed by atoms with van der Waals surface area (Å²) in [5.74, 6) is 0.632. The van der Waals surface area contributed by atoms with Crippen LogP contribution in [-0.2, 0) is 0 Å². The van der Waals surface area contributed by atoms with E-state index < -0.39 is 0 Å². The minimum atomic E-state index is 0.237. The fourth-order valence-corrected chi connectivity index (χ4v) is 1.64. The molecule has 12 heavy (non-hydrogen) atoms. The largest absolute Gasteiger partial charge is 0.395 e. The van der Waals surface area contributed by atoms with E-state index in [1.807, 2.05) is 6.92 Å². The molecule has 1 heterocycles. The molecule has 1 fully saturated rings. The van der Waals surface area contributed by atoms with Gasteiger partial charge in [-0.25, -0.2) is 0 Å². The Balaban J connectivity index is 2.39. The van der Waals surface area contributed by atoms with Crippen LogP contribution in [0.4, 0.5) is 0 Å². The van der Waals surface area contributed by atoms with Crippen LogP contribution < -0.4 is 5.73 Å². The Bertz CT molecular complexity index is 140. The van der Waals surface area contributed by atoms with Gasteiger partial charge in [0.2, 0.25) is 0 Å². The zero-order valence-corrected chi connectivity index (χ0v) is 8.03. The predicted octanol–water partition coefficient (Wildman–Crippen LogP) is 0.0363. The van der Waals surface area contributed by atoms with Crippen LogP contribution in [0.5, 0.6) is 0 Å². The molecule has 1 saturated heterocycles. The molecule has 0 saturated carbocycles. The highest BCUT2D eigenvalue weighted by Crippen LogP contribution is 2.16. The number of aliphatic hydroxyl groups is 1. The number of likely N-dealkylation sites (tertiary alicyclic amines) is 1. The van der Waals surface area contributed by atoms with E-state index in [4.69, 9.17) is 10.8 Å². The normalized spacial score (nSPS) is 35.0. The number of nitrogens with two attached hydrogens (primary N) is 1. The van der Waals surface area contributed by atoms with Crippen molar-refractivity contribution >= 4 is 0 Å². The van der Waals surface area contributed by atoms with E-state index in [1.54, 1.807) is 0 Å². The van der Waals surface area contributed by atoms with Crippen molar-refractivity contribution in [2.45, 2.75) is 32.4 Å². The maximum atomic E-state index is 8.96. The number of aliphatic hydroxyl groups excluding tert-OH is 1. The molecule has 3 nitrogen and oxygen atoms in total. The average molecular weight is 172 g/mol. The molecule has 1 rings (SSSR count). The molecule has 0 aromatic rings. The summed E-state index contributed by atoms with van der Waals surface area (Å²) in [6, 6.07) is 0.552. The summed E-state index contributed by atoms with van der Waals surface area (Å²) >= 11 is 0. The molecule has 1 aliphatic heterocycles. The van der Waals surface area contributed by atoms with E-state index in [-0.39, 0.29) is 18.7 Å². The van der Waals surface area contributed by atoms with Crippen LogP contribution >= 0.6 is 0 Å². The molecule has 0 aromatic heterocycles. The van der Waals surface area contributed by atoms with Gasteiger partial charge in [0.25, 0.3) is 0 Å². The van der Waals surface area contributed by atoms with Crippen molar-refractivity contribution < 1.29 is 5.11 Å². The Hall–Kier alpha value is -0.120.